The summed E-state index contributed by atoms with van der Waals surface area (Å²) in [4.78, 5) is 11.8. The molecule has 0 aliphatic rings. The maximum Gasteiger partial charge on any atom is 0.258 e. The Hall–Kier alpha value is -1.55. The van der Waals surface area contributed by atoms with Gasteiger partial charge in [0.2, 0.25) is 0 Å². The Morgan fingerprint density at radius 3 is 2.63 bits per heavy atom. The van der Waals surface area contributed by atoms with Crippen molar-refractivity contribution < 1.29 is 9.53 Å². The number of amides is 1. The molecule has 1 rings (SSSR count). The van der Waals surface area contributed by atoms with Crippen molar-refractivity contribution in [3.8, 4) is 5.75 Å². The molecule has 106 valence electrons. The second kappa shape index (κ2) is 8.53. The minimum Gasteiger partial charge on any atom is -0.483 e. The van der Waals surface area contributed by atoms with Gasteiger partial charge >= 0.3 is 0 Å². The van der Waals surface area contributed by atoms with Gasteiger partial charge in [-0.05, 0) is 37.4 Å². The van der Waals surface area contributed by atoms with E-state index < -0.39 is 0 Å². The molecule has 0 aliphatic carbocycles. The summed E-state index contributed by atoms with van der Waals surface area (Å²) in [5.74, 6) is 0.670. The van der Waals surface area contributed by atoms with Crippen molar-refractivity contribution in [3.05, 3.63) is 29.8 Å². The zero-order valence-electron chi connectivity index (χ0n) is 11.8. The molecule has 0 saturated carbocycles. The first kappa shape index (κ1) is 15.5. The molecule has 0 unspecified atom stereocenters. The molecular formula is C15H24N2O2. The normalized spacial score (nSPS) is 10.5. The summed E-state index contributed by atoms with van der Waals surface area (Å²) < 4.78 is 5.57. The van der Waals surface area contributed by atoms with Crippen LogP contribution in [-0.4, -0.2) is 25.1 Å². The summed E-state index contributed by atoms with van der Waals surface area (Å²) in [6, 6.07) is 7.92. The van der Waals surface area contributed by atoms with Crippen molar-refractivity contribution in [1.82, 2.24) is 5.32 Å². The Kier molecular flexibility index (Phi) is 6.97. The maximum absolute atomic E-state index is 11.8. The predicted octanol–water partition coefficient (Wildman–Crippen LogP) is 1.87. The second-order valence-corrected chi connectivity index (χ2v) is 4.52. The van der Waals surface area contributed by atoms with Crippen molar-refractivity contribution in [2.75, 3.05) is 13.2 Å². The number of carbonyl (C=O) groups excluding carboxylic acids is 1. The number of carbonyl (C=O) groups is 1. The molecule has 0 saturated heterocycles. The molecular weight excluding hydrogens is 240 g/mol. The maximum atomic E-state index is 11.8. The van der Waals surface area contributed by atoms with Gasteiger partial charge in [-0.1, -0.05) is 32.0 Å². The molecule has 4 nitrogen and oxygen atoms in total. The van der Waals surface area contributed by atoms with Crippen molar-refractivity contribution in [2.24, 2.45) is 5.73 Å². The molecule has 19 heavy (non-hydrogen) atoms. The lowest BCUT2D eigenvalue weighted by atomic mass is 10.1. The number of benzene rings is 1. The molecule has 0 fully saturated rings. The van der Waals surface area contributed by atoms with E-state index in [1.54, 1.807) is 0 Å². The van der Waals surface area contributed by atoms with Gasteiger partial charge < -0.3 is 15.8 Å². The molecule has 1 aromatic carbocycles. The van der Waals surface area contributed by atoms with Gasteiger partial charge in [0.1, 0.15) is 5.75 Å². The number of rotatable bonds is 8. The highest BCUT2D eigenvalue weighted by Gasteiger charge is 2.10. The van der Waals surface area contributed by atoms with E-state index in [1.165, 1.54) is 0 Å². The van der Waals surface area contributed by atoms with E-state index in [1.807, 2.05) is 24.3 Å². The van der Waals surface area contributed by atoms with Gasteiger partial charge in [0.15, 0.2) is 6.61 Å². The Balaban J connectivity index is 2.50. The molecule has 0 atom stereocenters. The summed E-state index contributed by atoms with van der Waals surface area (Å²) in [6.07, 6.45) is 2.63. The van der Waals surface area contributed by atoms with E-state index >= 15 is 0 Å². The zero-order valence-corrected chi connectivity index (χ0v) is 11.8. The lowest BCUT2D eigenvalue weighted by molar-refractivity contribution is -0.123. The summed E-state index contributed by atoms with van der Waals surface area (Å²) in [5.41, 5.74) is 6.59. The molecule has 0 aliphatic heterocycles. The van der Waals surface area contributed by atoms with E-state index in [2.05, 4.69) is 19.2 Å². The largest absolute Gasteiger partial charge is 0.483 e. The third-order valence-corrected chi connectivity index (χ3v) is 3.10. The summed E-state index contributed by atoms with van der Waals surface area (Å²) >= 11 is 0. The fourth-order valence-corrected chi connectivity index (χ4v) is 1.91. The molecule has 1 amide bonds. The van der Waals surface area contributed by atoms with Gasteiger partial charge in [-0.2, -0.15) is 0 Å². The van der Waals surface area contributed by atoms with E-state index in [-0.39, 0.29) is 18.6 Å². The first-order valence-electron chi connectivity index (χ1n) is 6.91. The van der Waals surface area contributed by atoms with Crippen LogP contribution in [-0.2, 0) is 11.2 Å². The summed E-state index contributed by atoms with van der Waals surface area (Å²) in [6.45, 7) is 4.75. The molecule has 1 aromatic rings. The van der Waals surface area contributed by atoms with E-state index in [4.69, 9.17) is 10.5 Å². The summed E-state index contributed by atoms with van der Waals surface area (Å²) in [7, 11) is 0. The van der Waals surface area contributed by atoms with E-state index in [9.17, 15) is 4.79 Å². The van der Waals surface area contributed by atoms with Gasteiger partial charge in [-0.3, -0.25) is 4.79 Å². The van der Waals surface area contributed by atoms with Crippen molar-refractivity contribution in [3.63, 3.8) is 0 Å². The lowest BCUT2D eigenvalue weighted by Gasteiger charge is -2.15. The van der Waals surface area contributed by atoms with E-state index in [0.717, 1.165) is 30.6 Å². The van der Waals surface area contributed by atoms with Crippen molar-refractivity contribution >= 4 is 5.91 Å². The van der Waals surface area contributed by atoms with Crippen LogP contribution in [0.1, 0.15) is 32.3 Å². The Morgan fingerprint density at radius 2 is 2.00 bits per heavy atom. The number of nitrogens with one attached hydrogen (secondary N) is 1. The molecule has 0 radical (unpaired) electrons. The fraction of sp³-hybridized carbons (Fsp3) is 0.533. The smallest absolute Gasteiger partial charge is 0.258 e. The SMILES string of the molecule is CCC(CC)NC(=O)COc1ccccc1CCN. The van der Waals surface area contributed by atoms with Crippen LogP contribution in [0, 0.1) is 0 Å². The second-order valence-electron chi connectivity index (χ2n) is 4.52. The minimum absolute atomic E-state index is 0.0537. The van der Waals surface area contributed by atoms with Crippen LogP contribution in [0.4, 0.5) is 0 Å². The Morgan fingerprint density at radius 1 is 1.32 bits per heavy atom. The molecule has 4 heteroatoms. The van der Waals surface area contributed by atoms with Gasteiger partial charge in [0.05, 0.1) is 0 Å². The molecule has 0 aromatic heterocycles. The number of ether oxygens (including phenoxy) is 1. The van der Waals surface area contributed by atoms with Crippen molar-refractivity contribution in [1.29, 1.82) is 0 Å². The molecule has 0 spiro atoms. The average molecular weight is 264 g/mol. The van der Waals surface area contributed by atoms with Crippen LogP contribution in [0.25, 0.3) is 0 Å². The number of hydrogen-bond acceptors (Lipinski definition) is 3. The molecule has 0 bridgehead atoms. The monoisotopic (exact) mass is 264 g/mol. The minimum atomic E-state index is -0.0729. The van der Waals surface area contributed by atoms with Crippen molar-refractivity contribution in [2.45, 2.75) is 39.2 Å². The first-order valence-corrected chi connectivity index (χ1v) is 6.91. The standard InChI is InChI=1S/C15H24N2O2/c1-3-13(4-2)17-15(18)11-19-14-8-6-5-7-12(14)9-10-16/h5-8,13H,3-4,9-11,16H2,1-2H3,(H,17,18). The fourth-order valence-electron chi connectivity index (χ4n) is 1.91. The summed E-state index contributed by atoms with van der Waals surface area (Å²) in [5, 5.41) is 2.95. The highest BCUT2D eigenvalue weighted by atomic mass is 16.5. The Bertz CT molecular complexity index is 389. The van der Waals surface area contributed by atoms with Crippen LogP contribution in [0.3, 0.4) is 0 Å². The number of nitrogens with two attached hydrogens (primary N) is 1. The van der Waals surface area contributed by atoms with Crippen LogP contribution in [0.15, 0.2) is 24.3 Å². The van der Waals surface area contributed by atoms with Crippen LogP contribution in [0.2, 0.25) is 0 Å². The highest BCUT2D eigenvalue weighted by Crippen LogP contribution is 2.17. The van der Waals surface area contributed by atoms with Gasteiger partial charge in [-0.15, -0.1) is 0 Å². The van der Waals surface area contributed by atoms with Crippen LogP contribution in [0.5, 0.6) is 5.75 Å². The quantitative estimate of drug-likeness (QED) is 0.753. The van der Waals surface area contributed by atoms with Gasteiger partial charge in [-0.25, -0.2) is 0 Å². The molecule has 0 heterocycles. The third-order valence-electron chi connectivity index (χ3n) is 3.10. The third kappa shape index (κ3) is 5.30. The van der Waals surface area contributed by atoms with Gasteiger partial charge in [0, 0.05) is 6.04 Å². The number of para-hydroxylation sites is 1. The van der Waals surface area contributed by atoms with Crippen LogP contribution < -0.4 is 15.8 Å². The average Bonchev–Trinajstić information content (AvgIpc) is 2.44. The predicted molar refractivity (Wildman–Crippen MR) is 77.2 cm³/mol. The Labute approximate surface area is 115 Å². The lowest BCUT2D eigenvalue weighted by Crippen LogP contribution is -2.37. The first-order chi connectivity index (χ1) is 9.21. The zero-order chi connectivity index (χ0) is 14.1. The van der Waals surface area contributed by atoms with Gasteiger partial charge in [0.25, 0.3) is 5.91 Å². The highest BCUT2D eigenvalue weighted by molar-refractivity contribution is 5.77. The van der Waals surface area contributed by atoms with E-state index in [0.29, 0.717) is 6.54 Å². The number of hydrogen-bond donors (Lipinski definition) is 2. The van der Waals surface area contributed by atoms with Crippen LogP contribution >= 0.6 is 0 Å². The molecule has 3 N–H and O–H groups in total. The topological polar surface area (TPSA) is 64.3 Å².